The van der Waals surface area contributed by atoms with Gasteiger partial charge in [0.2, 0.25) is 0 Å². The molecule has 3 unspecified atom stereocenters. The zero-order valence-electron chi connectivity index (χ0n) is 19.9. The van der Waals surface area contributed by atoms with Crippen LogP contribution in [0.1, 0.15) is 33.7 Å². The number of amides is 1. The molecule has 1 aliphatic carbocycles. The van der Waals surface area contributed by atoms with Gasteiger partial charge in [-0.3, -0.25) is 0 Å². The molecule has 12 heteroatoms. The summed E-state index contributed by atoms with van der Waals surface area (Å²) in [4.78, 5) is 19.0. The predicted molar refractivity (Wildman–Crippen MR) is 134 cm³/mol. The molecule has 1 saturated carbocycles. The summed E-state index contributed by atoms with van der Waals surface area (Å²) in [6, 6.07) is 5.27. The molecule has 1 saturated heterocycles. The number of anilines is 1. The molecule has 3 atom stereocenters. The van der Waals surface area contributed by atoms with E-state index < -0.39 is 20.0 Å². The van der Waals surface area contributed by atoms with E-state index in [-0.39, 0.29) is 28.1 Å². The van der Waals surface area contributed by atoms with Crippen molar-refractivity contribution in [3.05, 3.63) is 40.0 Å². The molecule has 3 aromatic heterocycles. The Morgan fingerprint density at radius 2 is 2.19 bits per heavy atom. The minimum absolute atomic E-state index is 0.0109. The van der Waals surface area contributed by atoms with Gasteiger partial charge in [0, 0.05) is 0 Å². The fraction of sp³-hybridized carbons (Fsp3) is 0.458. The van der Waals surface area contributed by atoms with Gasteiger partial charge in [0.15, 0.2) is 0 Å². The summed E-state index contributed by atoms with van der Waals surface area (Å²) in [5.74, 6) is 6.86. The second kappa shape index (κ2) is 9.38. The zero-order valence-corrected chi connectivity index (χ0v) is 22.5. The molecule has 36 heavy (non-hydrogen) atoms. The summed E-state index contributed by atoms with van der Waals surface area (Å²) in [7, 11) is 2.11. The number of pyridine rings is 1. The topological polar surface area (TPSA) is 74.6 Å². The predicted octanol–water partition coefficient (Wildman–Crippen LogP) is 2.48. The van der Waals surface area contributed by atoms with Crippen molar-refractivity contribution in [3.63, 3.8) is 0 Å². The van der Waals surface area contributed by atoms with Gasteiger partial charge in [0.1, 0.15) is 0 Å². The van der Waals surface area contributed by atoms with Crippen molar-refractivity contribution < 1.29 is 18.0 Å². The van der Waals surface area contributed by atoms with Gasteiger partial charge in [0.25, 0.3) is 0 Å². The standard InChI is InChI=1S/C24H25F3N6OSSe/c1-14-16-13-32(3)11-9-23(14,16)30-20-8-4-7-18-21(36-24(25,26)27)17(31-33(18)20)6-5-10-28-22(34)19-12-29-15(2)35-19/h4,7-8,12,14,16,30H,9-11,13H2,1-3H3,(H,28,34). The van der Waals surface area contributed by atoms with Gasteiger partial charge in [-0.2, -0.15) is 0 Å². The number of aryl methyl sites for hydroxylation is 1. The molecule has 2 N–H and O–H groups in total. The summed E-state index contributed by atoms with van der Waals surface area (Å²) in [5, 5.41) is 7.21. The zero-order chi connectivity index (χ0) is 25.7. The van der Waals surface area contributed by atoms with Crippen molar-refractivity contribution in [1.82, 2.24) is 24.8 Å². The average molecular weight is 582 g/mol. The molecule has 3 aromatic rings. The summed E-state index contributed by atoms with van der Waals surface area (Å²) in [6.07, 6.45) is 2.45. The second-order valence-electron chi connectivity index (χ2n) is 9.23. The van der Waals surface area contributed by atoms with E-state index in [4.69, 9.17) is 0 Å². The minimum atomic E-state index is -4.35. The van der Waals surface area contributed by atoms with E-state index in [2.05, 4.69) is 51.4 Å². The van der Waals surface area contributed by atoms with E-state index in [1.54, 1.807) is 23.6 Å². The number of aromatic nitrogens is 3. The van der Waals surface area contributed by atoms with Crippen molar-refractivity contribution >= 4 is 48.0 Å². The summed E-state index contributed by atoms with van der Waals surface area (Å²) < 4.78 is 42.2. The Bertz CT molecular complexity index is 1380. The number of hydrogen-bond acceptors (Lipinski definition) is 6. The third-order valence-corrected chi connectivity index (χ3v) is 9.63. The number of halogens is 3. The Balaban J connectivity index is 1.42. The number of rotatable bonds is 5. The molecule has 190 valence electrons. The van der Waals surface area contributed by atoms with E-state index >= 15 is 0 Å². The molecule has 0 spiro atoms. The SMILES string of the molecule is Cc1ncc(C(=O)NCC#Cc2nn3c(NC45CCN(C)CC4C5C)cccc3c2[Se]C(F)(F)F)s1. The second-order valence-corrected chi connectivity index (χ2v) is 12.7. The molecule has 0 radical (unpaired) electrons. The number of piperidine rings is 1. The molecule has 2 fully saturated rings. The number of nitrogens with one attached hydrogen (secondary N) is 2. The molecular formula is C24H25F3N6OSSe. The number of likely N-dealkylation sites (tertiary alicyclic amines) is 1. The first kappa shape index (κ1) is 25.1. The molecule has 7 nitrogen and oxygen atoms in total. The molecule has 1 amide bonds. The Morgan fingerprint density at radius 3 is 2.89 bits per heavy atom. The van der Waals surface area contributed by atoms with Crippen LogP contribution in [-0.2, 0) is 0 Å². The fourth-order valence-corrected chi connectivity index (χ4v) is 7.14. The number of nitrogens with zero attached hydrogens (tertiary/aromatic N) is 4. The maximum absolute atomic E-state index is 13.5. The number of carbonyl (C=O) groups excluding carboxylic acids is 1. The Morgan fingerprint density at radius 1 is 1.39 bits per heavy atom. The number of carbonyl (C=O) groups is 1. The van der Waals surface area contributed by atoms with E-state index in [0.717, 1.165) is 24.5 Å². The number of alkyl halides is 3. The van der Waals surface area contributed by atoms with E-state index in [1.165, 1.54) is 17.5 Å². The Hall–Kier alpha value is -2.58. The van der Waals surface area contributed by atoms with Gasteiger partial charge in [-0.05, 0) is 0 Å². The van der Waals surface area contributed by atoms with Crippen molar-refractivity contribution in [2.45, 2.75) is 30.9 Å². The first-order valence-electron chi connectivity index (χ1n) is 11.5. The first-order chi connectivity index (χ1) is 17.1. The molecule has 4 heterocycles. The number of thiazole rings is 1. The summed E-state index contributed by atoms with van der Waals surface area (Å²) in [5.41, 5.74) is 0.429. The van der Waals surface area contributed by atoms with Crippen LogP contribution in [0.25, 0.3) is 5.52 Å². The number of hydrogen-bond donors (Lipinski definition) is 2. The van der Waals surface area contributed by atoms with Gasteiger partial charge in [-0.25, -0.2) is 0 Å². The quantitative estimate of drug-likeness (QED) is 0.358. The molecule has 0 bridgehead atoms. The van der Waals surface area contributed by atoms with Crippen LogP contribution in [0.5, 0.6) is 0 Å². The van der Waals surface area contributed by atoms with E-state index in [0.29, 0.717) is 28.0 Å². The van der Waals surface area contributed by atoms with Gasteiger partial charge in [-0.1, -0.05) is 0 Å². The Labute approximate surface area is 217 Å². The molecule has 5 rings (SSSR count). The summed E-state index contributed by atoms with van der Waals surface area (Å²) >= 11 is -0.556. The summed E-state index contributed by atoms with van der Waals surface area (Å²) in [6.45, 7) is 5.97. The molecule has 2 aliphatic rings. The van der Waals surface area contributed by atoms with Gasteiger partial charge in [0.05, 0.1) is 0 Å². The first-order valence-corrected chi connectivity index (χ1v) is 14.0. The molecular weight excluding hydrogens is 556 g/mol. The van der Waals surface area contributed by atoms with Crippen LogP contribution in [-0.4, -0.2) is 77.7 Å². The van der Waals surface area contributed by atoms with Crippen LogP contribution in [0.4, 0.5) is 19.0 Å². The van der Waals surface area contributed by atoms with Gasteiger partial charge < -0.3 is 0 Å². The van der Waals surface area contributed by atoms with Crippen molar-refractivity contribution in [2.24, 2.45) is 11.8 Å². The van der Waals surface area contributed by atoms with E-state index in [9.17, 15) is 18.0 Å². The molecule has 1 aliphatic heterocycles. The number of fused-ring (bicyclic) bond motifs is 2. The van der Waals surface area contributed by atoms with Crippen LogP contribution in [0, 0.1) is 30.6 Å². The third-order valence-electron chi connectivity index (χ3n) is 6.96. The van der Waals surface area contributed by atoms with Crippen LogP contribution in [0.3, 0.4) is 0 Å². The Kier molecular flexibility index (Phi) is 6.53. The van der Waals surface area contributed by atoms with E-state index in [1.807, 2.05) is 6.07 Å². The van der Waals surface area contributed by atoms with Crippen LogP contribution in [0.2, 0.25) is 0 Å². The van der Waals surface area contributed by atoms with Crippen LogP contribution >= 0.6 is 11.3 Å². The maximum atomic E-state index is 13.5. The van der Waals surface area contributed by atoms with Crippen LogP contribution in [0.15, 0.2) is 24.4 Å². The molecule has 0 aromatic carbocycles. The van der Waals surface area contributed by atoms with Crippen LogP contribution < -0.4 is 15.1 Å². The van der Waals surface area contributed by atoms with Gasteiger partial charge >= 0.3 is 217 Å². The average Bonchev–Trinajstić information content (AvgIpc) is 3.11. The van der Waals surface area contributed by atoms with Gasteiger partial charge in [-0.15, -0.1) is 0 Å². The third kappa shape index (κ3) is 4.85. The van der Waals surface area contributed by atoms with Crippen molar-refractivity contribution in [3.8, 4) is 11.8 Å². The normalized spacial score (nSPS) is 23.6. The monoisotopic (exact) mass is 582 g/mol. The van der Waals surface area contributed by atoms with Crippen molar-refractivity contribution in [2.75, 3.05) is 32.0 Å². The fourth-order valence-electron chi connectivity index (χ4n) is 5.02. The van der Waals surface area contributed by atoms with Crippen molar-refractivity contribution in [1.29, 1.82) is 0 Å².